The Kier molecular flexibility index (Phi) is 5.97. The van der Waals surface area contributed by atoms with Gasteiger partial charge in [-0.15, -0.1) is 12.4 Å². The van der Waals surface area contributed by atoms with Gasteiger partial charge in [-0.3, -0.25) is 4.79 Å². The average molecular weight is 366 g/mol. The van der Waals surface area contributed by atoms with E-state index in [1.165, 1.54) is 0 Å². The number of nitrogens with one attached hydrogen (secondary N) is 1. The molecular formula is C18H21Cl2N3O. The van der Waals surface area contributed by atoms with Crippen LogP contribution in [0.25, 0.3) is 0 Å². The maximum Gasteiger partial charge on any atom is 0.243 e. The first-order chi connectivity index (χ1) is 11.0. The first kappa shape index (κ1) is 18.4. The molecule has 0 bridgehead atoms. The van der Waals surface area contributed by atoms with Crippen molar-refractivity contribution in [3.63, 3.8) is 0 Å². The lowest BCUT2D eigenvalue weighted by Gasteiger charge is -2.31. The summed E-state index contributed by atoms with van der Waals surface area (Å²) < 4.78 is 0. The number of nitrogens with two attached hydrogens (primary N) is 1. The van der Waals surface area contributed by atoms with Gasteiger partial charge in [0.15, 0.2) is 0 Å². The number of halogens is 2. The van der Waals surface area contributed by atoms with E-state index in [1.54, 1.807) is 6.07 Å². The number of amides is 1. The molecule has 0 atom stereocenters. The molecule has 0 saturated carbocycles. The lowest BCUT2D eigenvalue weighted by molar-refractivity contribution is -0.115. The van der Waals surface area contributed by atoms with Gasteiger partial charge in [-0.25, -0.2) is 0 Å². The topological polar surface area (TPSA) is 58.4 Å². The Morgan fingerprint density at radius 2 is 2.12 bits per heavy atom. The standard InChI is InChI=1S/C18H20ClN3O.ClH/c1-12-7-8-13(10-15(12)19)21-18(23)11-22-9-3-4-14-16(20)5-2-6-17(14)22;/h2,5-8,10H,3-4,9,11,20H2,1H3,(H,21,23);1H. The highest BCUT2D eigenvalue weighted by molar-refractivity contribution is 6.31. The quantitative estimate of drug-likeness (QED) is 0.806. The lowest BCUT2D eigenvalue weighted by Crippen LogP contribution is -2.37. The minimum absolute atomic E-state index is 0. The maximum absolute atomic E-state index is 12.3. The molecule has 0 spiro atoms. The number of carbonyl (C=O) groups excluding carboxylic acids is 1. The molecule has 0 aromatic heterocycles. The summed E-state index contributed by atoms with van der Waals surface area (Å²) in [5, 5.41) is 3.56. The Morgan fingerprint density at radius 1 is 1.33 bits per heavy atom. The van der Waals surface area contributed by atoms with Crippen molar-refractivity contribution < 1.29 is 4.79 Å². The molecule has 128 valence electrons. The molecule has 0 radical (unpaired) electrons. The van der Waals surface area contributed by atoms with Gasteiger partial charge in [0.25, 0.3) is 0 Å². The number of fused-ring (bicyclic) bond motifs is 1. The third kappa shape index (κ3) is 3.94. The second-order valence-corrected chi connectivity index (χ2v) is 6.29. The molecule has 1 aliphatic heterocycles. The number of hydrogen-bond acceptors (Lipinski definition) is 3. The fourth-order valence-electron chi connectivity index (χ4n) is 2.94. The number of anilines is 3. The highest BCUT2D eigenvalue weighted by Crippen LogP contribution is 2.31. The van der Waals surface area contributed by atoms with Gasteiger partial charge in [-0.2, -0.15) is 0 Å². The first-order valence-corrected chi connectivity index (χ1v) is 8.10. The molecule has 1 aliphatic rings. The van der Waals surface area contributed by atoms with Gasteiger partial charge >= 0.3 is 0 Å². The van der Waals surface area contributed by atoms with Crippen LogP contribution in [0.3, 0.4) is 0 Å². The van der Waals surface area contributed by atoms with E-state index in [0.29, 0.717) is 11.6 Å². The molecule has 1 heterocycles. The number of benzene rings is 2. The summed E-state index contributed by atoms with van der Waals surface area (Å²) in [6.45, 7) is 3.10. The van der Waals surface area contributed by atoms with Crippen LogP contribution in [0.2, 0.25) is 5.02 Å². The zero-order valence-corrected chi connectivity index (χ0v) is 15.1. The van der Waals surface area contributed by atoms with Crippen LogP contribution in [0.1, 0.15) is 17.5 Å². The van der Waals surface area contributed by atoms with Crippen molar-refractivity contribution in [2.45, 2.75) is 19.8 Å². The number of aryl methyl sites for hydroxylation is 1. The van der Waals surface area contributed by atoms with Crippen molar-refractivity contribution in [2.75, 3.05) is 29.0 Å². The summed E-state index contributed by atoms with van der Waals surface area (Å²) in [6.07, 6.45) is 1.97. The third-order valence-electron chi connectivity index (χ3n) is 4.17. The van der Waals surface area contributed by atoms with E-state index in [-0.39, 0.29) is 18.3 Å². The van der Waals surface area contributed by atoms with Gasteiger partial charge in [0.1, 0.15) is 0 Å². The predicted molar refractivity (Wildman–Crippen MR) is 103 cm³/mol. The normalized spacial score (nSPS) is 13.0. The van der Waals surface area contributed by atoms with Crippen molar-refractivity contribution in [2.24, 2.45) is 0 Å². The maximum atomic E-state index is 12.3. The van der Waals surface area contributed by atoms with E-state index in [9.17, 15) is 4.79 Å². The molecule has 24 heavy (non-hydrogen) atoms. The van der Waals surface area contributed by atoms with Crippen molar-refractivity contribution >= 4 is 47.0 Å². The Balaban J connectivity index is 0.00000208. The number of hydrogen-bond donors (Lipinski definition) is 2. The zero-order valence-electron chi connectivity index (χ0n) is 13.5. The average Bonchev–Trinajstić information content (AvgIpc) is 2.52. The number of nitrogens with zero attached hydrogens (tertiary/aromatic N) is 1. The lowest BCUT2D eigenvalue weighted by atomic mass is 10.00. The van der Waals surface area contributed by atoms with E-state index in [0.717, 1.165) is 47.6 Å². The van der Waals surface area contributed by atoms with E-state index < -0.39 is 0 Å². The summed E-state index contributed by atoms with van der Waals surface area (Å²) in [4.78, 5) is 14.4. The van der Waals surface area contributed by atoms with Crippen LogP contribution in [-0.4, -0.2) is 19.0 Å². The van der Waals surface area contributed by atoms with Gasteiger partial charge in [0.05, 0.1) is 6.54 Å². The molecule has 0 saturated heterocycles. The van der Waals surface area contributed by atoms with Crippen LogP contribution in [0.15, 0.2) is 36.4 Å². The zero-order chi connectivity index (χ0) is 16.4. The Morgan fingerprint density at radius 3 is 2.88 bits per heavy atom. The van der Waals surface area contributed by atoms with Crippen molar-refractivity contribution in [1.82, 2.24) is 0 Å². The minimum Gasteiger partial charge on any atom is -0.398 e. The van der Waals surface area contributed by atoms with Crippen molar-refractivity contribution in [3.8, 4) is 0 Å². The van der Waals surface area contributed by atoms with Gasteiger partial charge < -0.3 is 16.0 Å². The highest BCUT2D eigenvalue weighted by atomic mass is 35.5. The Bertz CT molecular complexity index is 749. The van der Waals surface area contributed by atoms with Gasteiger partial charge in [-0.05, 0) is 55.2 Å². The van der Waals surface area contributed by atoms with E-state index >= 15 is 0 Å². The highest BCUT2D eigenvalue weighted by Gasteiger charge is 2.20. The smallest absolute Gasteiger partial charge is 0.243 e. The van der Waals surface area contributed by atoms with Crippen LogP contribution in [0.5, 0.6) is 0 Å². The molecule has 3 N–H and O–H groups in total. The molecule has 1 amide bonds. The molecule has 0 fully saturated rings. The van der Waals surface area contributed by atoms with E-state index in [4.69, 9.17) is 17.3 Å². The second-order valence-electron chi connectivity index (χ2n) is 5.88. The summed E-state index contributed by atoms with van der Waals surface area (Å²) in [5.41, 5.74) is 10.8. The second kappa shape index (κ2) is 7.77. The number of rotatable bonds is 3. The molecule has 4 nitrogen and oxygen atoms in total. The molecule has 2 aromatic rings. The van der Waals surface area contributed by atoms with Crippen LogP contribution in [0.4, 0.5) is 17.1 Å². The molecule has 2 aromatic carbocycles. The molecule has 6 heteroatoms. The largest absolute Gasteiger partial charge is 0.398 e. The predicted octanol–water partition coefficient (Wildman–Crippen LogP) is 4.04. The molecular weight excluding hydrogens is 345 g/mol. The van der Waals surface area contributed by atoms with Crippen LogP contribution in [0, 0.1) is 6.92 Å². The summed E-state index contributed by atoms with van der Waals surface area (Å²) >= 11 is 6.10. The van der Waals surface area contributed by atoms with Crippen LogP contribution >= 0.6 is 24.0 Å². The van der Waals surface area contributed by atoms with Crippen LogP contribution in [-0.2, 0) is 11.2 Å². The summed E-state index contributed by atoms with van der Waals surface area (Å²) in [5.74, 6) is -0.0554. The molecule has 3 rings (SSSR count). The Labute approximate surface area is 153 Å². The minimum atomic E-state index is -0.0554. The SMILES string of the molecule is Cc1ccc(NC(=O)CN2CCCc3c(N)cccc32)cc1Cl.Cl. The Hall–Kier alpha value is -1.91. The van der Waals surface area contributed by atoms with E-state index in [1.807, 2.05) is 37.3 Å². The number of carbonyl (C=O) groups is 1. The summed E-state index contributed by atoms with van der Waals surface area (Å²) in [6, 6.07) is 11.4. The fourth-order valence-corrected chi connectivity index (χ4v) is 3.12. The van der Waals surface area contributed by atoms with Crippen molar-refractivity contribution in [1.29, 1.82) is 0 Å². The van der Waals surface area contributed by atoms with Crippen molar-refractivity contribution in [3.05, 3.63) is 52.5 Å². The van der Waals surface area contributed by atoms with Gasteiger partial charge in [0, 0.05) is 28.6 Å². The number of nitrogen functional groups attached to an aromatic ring is 1. The summed E-state index contributed by atoms with van der Waals surface area (Å²) in [7, 11) is 0. The molecule has 0 unspecified atom stereocenters. The van der Waals surface area contributed by atoms with Crippen LogP contribution < -0.4 is 16.0 Å². The molecule has 0 aliphatic carbocycles. The fraction of sp³-hybridized carbons (Fsp3) is 0.278. The van der Waals surface area contributed by atoms with E-state index in [2.05, 4.69) is 10.2 Å². The first-order valence-electron chi connectivity index (χ1n) is 7.73. The third-order valence-corrected chi connectivity index (χ3v) is 4.58. The van der Waals surface area contributed by atoms with Gasteiger partial charge in [0.2, 0.25) is 5.91 Å². The van der Waals surface area contributed by atoms with Gasteiger partial charge in [-0.1, -0.05) is 23.7 Å². The monoisotopic (exact) mass is 365 g/mol.